The molecular formula is C39H52N2O8. The summed E-state index contributed by atoms with van der Waals surface area (Å²) in [5.41, 5.74) is 5.04. The van der Waals surface area contributed by atoms with Gasteiger partial charge in [0.1, 0.15) is 30.4 Å². The Morgan fingerprint density at radius 3 is 2.43 bits per heavy atom. The Labute approximate surface area is 290 Å². The molecule has 1 heterocycles. The molecule has 49 heavy (non-hydrogen) atoms. The number of methoxy groups -OCH3 is 1. The highest BCUT2D eigenvalue weighted by atomic mass is 16.7. The van der Waals surface area contributed by atoms with Crippen LogP contribution < -0.4 is 9.47 Å². The van der Waals surface area contributed by atoms with Gasteiger partial charge in [-0.25, -0.2) is 4.79 Å². The summed E-state index contributed by atoms with van der Waals surface area (Å²) >= 11 is 0. The predicted molar refractivity (Wildman–Crippen MR) is 188 cm³/mol. The topological polar surface area (TPSA) is 119 Å². The summed E-state index contributed by atoms with van der Waals surface area (Å²) in [5.74, 6) is 0.542. The van der Waals surface area contributed by atoms with Crippen LogP contribution in [0.25, 0.3) is 0 Å². The zero-order chi connectivity index (χ0) is 35.1. The normalized spacial score (nSPS) is 26.1. The van der Waals surface area contributed by atoms with Crippen molar-refractivity contribution in [3.05, 3.63) is 77.4 Å². The lowest BCUT2D eigenvalue weighted by atomic mass is 9.55. The number of hydrogen-bond donors (Lipinski definition) is 2. The van der Waals surface area contributed by atoms with Crippen molar-refractivity contribution >= 4 is 11.8 Å². The van der Waals surface area contributed by atoms with E-state index in [9.17, 15) is 15.0 Å². The fourth-order valence-electron chi connectivity index (χ4n) is 8.09. The Balaban J connectivity index is 1.74. The first kappa shape index (κ1) is 36.4. The van der Waals surface area contributed by atoms with Gasteiger partial charge >= 0.3 is 6.09 Å². The molecule has 2 aromatic rings. The molecule has 2 N–H and O–H groups in total. The number of unbranched alkanes of at least 4 members (excludes halogenated alkanes) is 2. The molecule has 0 aromatic heterocycles. The SMILES string of the molecule is C=CCOC12Oc3ccc(Oc4ccc(C)c(C)c4)cc3C3C(CCCCO)C(CCCCO)C=C(C(=NOC)CC1N(C)C(=O)OC)C32. The Kier molecular flexibility index (Phi) is 12.1. The van der Waals surface area contributed by atoms with Crippen LogP contribution in [0.4, 0.5) is 4.79 Å². The van der Waals surface area contributed by atoms with Crippen LogP contribution in [0.2, 0.25) is 0 Å². The molecule has 0 radical (unpaired) electrons. The number of amides is 1. The molecule has 1 amide bonds. The molecule has 5 rings (SSSR count). The number of benzene rings is 2. The maximum atomic E-state index is 13.2. The van der Waals surface area contributed by atoms with E-state index in [0.29, 0.717) is 30.8 Å². The van der Waals surface area contributed by atoms with E-state index in [2.05, 4.69) is 43.8 Å². The first-order valence-corrected chi connectivity index (χ1v) is 17.4. The van der Waals surface area contributed by atoms with Crippen LogP contribution in [0.5, 0.6) is 17.2 Å². The average Bonchev–Trinajstić information content (AvgIpc) is 3.10. The van der Waals surface area contributed by atoms with Crippen molar-refractivity contribution in [1.82, 2.24) is 4.90 Å². The van der Waals surface area contributed by atoms with E-state index in [0.717, 1.165) is 53.8 Å². The molecule has 1 aliphatic heterocycles. The van der Waals surface area contributed by atoms with Gasteiger partial charge in [-0.2, -0.15) is 0 Å². The second kappa shape index (κ2) is 16.2. The number of aliphatic hydroxyl groups is 2. The minimum absolute atomic E-state index is 0.119. The first-order valence-electron chi connectivity index (χ1n) is 17.4. The van der Waals surface area contributed by atoms with Crippen LogP contribution >= 0.6 is 0 Å². The molecule has 10 nitrogen and oxygen atoms in total. The van der Waals surface area contributed by atoms with Gasteiger partial charge in [0.2, 0.25) is 5.79 Å². The lowest BCUT2D eigenvalue weighted by Crippen LogP contribution is -2.69. The van der Waals surface area contributed by atoms with Gasteiger partial charge in [0, 0.05) is 38.2 Å². The molecule has 10 heteroatoms. The fourth-order valence-corrected chi connectivity index (χ4v) is 8.09. The highest BCUT2D eigenvalue weighted by molar-refractivity contribution is 6.02. The number of aliphatic hydroxyl groups excluding tert-OH is 2. The second-order valence-corrected chi connectivity index (χ2v) is 13.4. The lowest BCUT2D eigenvalue weighted by molar-refractivity contribution is -0.253. The quantitative estimate of drug-likeness (QED) is 0.117. The van der Waals surface area contributed by atoms with E-state index in [-0.39, 0.29) is 43.5 Å². The molecule has 6 atom stereocenters. The van der Waals surface area contributed by atoms with E-state index in [1.165, 1.54) is 19.8 Å². The van der Waals surface area contributed by atoms with Crippen molar-refractivity contribution in [2.24, 2.45) is 22.9 Å². The smallest absolute Gasteiger partial charge is 0.409 e. The Hall–Kier alpha value is -3.86. The molecule has 3 aliphatic rings. The van der Waals surface area contributed by atoms with Gasteiger partial charge in [-0.3, -0.25) is 0 Å². The van der Waals surface area contributed by atoms with Gasteiger partial charge in [-0.05, 0) is 98.4 Å². The number of rotatable bonds is 15. The number of likely N-dealkylation sites (N-methyl/N-ethyl adjacent to an activating group) is 1. The van der Waals surface area contributed by atoms with Crippen molar-refractivity contribution in [2.45, 2.75) is 76.5 Å². The molecule has 2 aliphatic carbocycles. The number of hydrogen-bond acceptors (Lipinski definition) is 9. The Morgan fingerprint density at radius 2 is 1.76 bits per heavy atom. The molecule has 0 saturated heterocycles. The fraction of sp³-hybridized carbons (Fsp3) is 0.538. The average molecular weight is 677 g/mol. The minimum Gasteiger partial charge on any atom is -0.459 e. The number of allylic oxidation sites excluding steroid dienone is 1. The summed E-state index contributed by atoms with van der Waals surface area (Å²) < 4.78 is 25.5. The van der Waals surface area contributed by atoms with Gasteiger partial charge in [-0.15, -0.1) is 6.58 Å². The van der Waals surface area contributed by atoms with E-state index >= 15 is 0 Å². The number of carbonyl (C=O) groups is 1. The summed E-state index contributed by atoms with van der Waals surface area (Å²) in [5, 5.41) is 24.0. The van der Waals surface area contributed by atoms with E-state index in [1.807, 2.05) is 24.3 Å². The molecule has 2 aromatic carbocycles. The van der Waals surface area contributed by atoms with Crippen molar-refractivity contribution < 1.29 is 38.8 Å². The van der Waals surface area contributed by atoms with E-state index < -0.39 is 17.9 Å². The van der Waals surface area contributed by atoms with Gasteiger partial charge in [0.25, 0.3) is 0 Å². The standard InChI is InChI=1S/C39H52N2O8/c1-7-20-47-39-35(41(4)38(44)45-5)24-33(40-46-6)31-22-27(12-8-10-18-42)30(13-9-11-19-43)36(37(31)39)32-23-29(16-17-34(32)49-39)48-28-15-14-25(2)26(3)21-28/h7,14-17,21-23,27,30,35-37,42-43H,1,8-13,18-20,24H2,2-6H3. The molecule has 6 unspecified atom stereocenters. The maximum Gasteiger partial charge on any atom is 0.409 e. The van der Waals surface area contributed by atoms with E-state index in [4.69, 9.17) is 23.8 Å². The first-order chi connectivity index (χ1) is 23.7. The van der Waals surface area contributed by atoms with Gasteiger partial charge in [0.15, 0.2) is 0 Å². The van der Waals surface area contributed by atoms with Gasteiger partial charge < -0.3 is 38.9 Å². The van der Waals surface area contributed by atoms with E-state index in [1.54, 1.807) is 18.0 Å². The highest BCUT2D eigenvalue weighted by Crippen LogP contribution is 2.61. The number of carbonyl (C=O) groups excluding carboxylic acids is 1. The predicted octanol–water partition coefficient (Wildman–Crippen LogP) is 7.06. The van der Waals surface area contributed by atoms with Crippen molar-refractivity contribution in [3.8, 4) is 17.2 Å². The van der Waals surface area contributed by atoms with Crippen LogP contribution in [-0.2, 0) is 14.3 Å². The molecular weight excluding hydrogens is 624 g/mol. The second-order valence-electron chi connectivity index (χ2n) is 13.4. The monoisotopic (exact) mass is 676 g/mol. The number of aryl methyl sites for hydroxylation is 2. The number of fused-ring (bicyclic) bond motifs is 2. The molecule has 266 valence electrons. The summed E-state index contributed by atoms with van der Waals surface area (Å²) in [6.07, 6.45) is 8.62. The highest BCUT2D eigenvalue weighted by Gasteiger charge is 2.65. The zero-order valence-electron chi connectivity index (χ0n) is 29.5. The Morgan fingerprint density at radius 1 is 1.04 bits per heavy atom. The van der Waals surface area contributed by atoms with Gasteiger partial charge in [-0.1, -0.05) is 36.2 Å². The number of nitrogens with zero attached hydrogens (tertiary/aromatic N) is 2. The summed E-state index contributed by atoms with van der Waals surface area (Å²) in [6.45, 7) is 8.53. The summed E-state index contributed by atoms with van der Waals surface area (Å²) in [4.78, 5) is 20.2. The third-order valence-corrected chi connectivity index (χ3v) is 10.5. The lowest BCUT2D eigenvalue weighted by Gasteiger charge is -2.59. The van der Waals surface area contributed by atoms with Crippen LogP contribution in [0, 0.1) is 31.6 Å². The maximum absolute atomic E-state index is 13.2. The zero-order valence-corrected chi connectivity index (χ0v) is 29.5. The number of ether oxygens (including phenoxy) is 4. The minimum atomic E-state index is -1.31. The molecule has 0 bridgehead atoms. The number of oxime groups is 1. The van der Waals surface area contributed by atoms with Crippen molar-refractivity contribution in [1.29, 1.82) is 0 Å². The van der Waals surface area contributed by atoms with Crippen molar-refractivity contribution in [3.63, 3.8) is 0 Å². The van der Waals surface area contributed by atoms with Crippen LogP contribution in [0.1, 0.15) is 67.6 Å². The van der Waals surface area contributed by atoms with Gasteiger partial charge in [0.05, 0.1) is 25.3 Å². The van der Waals surface area contributed by atoms with Crippen LogP contribution in [0.3, 0.4) is 0 Å². The third-order valence-electron chi connectivity index (χ3n) is 10.5. The van der Waals surface area contributed by atoms with Crippen LogP contribution in [-0.4, -0.2) is 79.8 Å². The Bertz CT molecular complexity index is 1540. The van der Waals surface area contributed by atoms with Crippen molar-refractivity contribution in [2.75, 3.05) is 41.1 Å². The summed E-state index contributed by atoms with van der Waals surface area (Å²) in [6, 6.07) is 11.4. The largest absolute Gasteiger partial charge is 0.459 e. The third kappa shape index (κ3) is 7.37. The molecule has 1 saturated carbocycles. The molecule has 1 fully saturated rings. The summed E-state index contributed by atoms with van der Waals surface area (Å²) in [7, 11) is 4.59. The van der Waals surface area contributed by atoms with Crippen LogP contribution in [0.15, 0.2) is 65.9 Å². The molecule has 0 spiro atoms.